The van der Waals surface area contributed by atoms with Crippen LogP contribution in [0.3, 0.4) is 0 Å². The highest BCUT2D eigenvalue weighted by Crippen LogP contribution is 2.29. The largest absolute Gasteiger partial charge is 0.391 e. The quantitative estimate of drug-likeness (QED) is 0.679. The summed E-state index contributed by atoms with van der Waals surface area (Å²) in [6, 6.07) is 5.61. The van der Waals surface area contributed by atoms with Crippen LogP contribution in [0.2, 0.25) is 0 Å². The van der Waals surface area contributed by atoms with Crippen molar-refractivity contribution in [2.75, 3.05) is 26.2 Å². The van der Waals surface area contributed by atoms with Crippen molar-refractivity contribution in [2.24, 2.45) is 5.92 Å². The van der Waals surface area contributed by atoms with Crippen molar-refractivity contribution in [1.82, 2.24) is 4.57 Å². The topological polar surface area (TPSA) is 46.7 Å². The fraction of sp³-hybridized carbons (Fsp3) is 0.615. The summed E-state index contributed by atoms with van der Waals surface area (Å²) in [5, 5.41) is 9.05. The zero-order chi connectivity index (χ0) is 11.8. The normalized spacial score (nSPS) is 31.0. The number of hydrogen-bond donors (Lipinski definition) is 2. The lowest BCUT2D eigenvalue weighted by Crippen LogP contribution is -3.15. The van der Waals surface area contributed by atoms with Crippen molar-refractivity contribution < 1.29 is 10.0 Å². The number of quaternary nitrogens is 1. The van der Waals surface area contributed by atoms with E-state index in [1.54, 1.807) is 6.07 Å². The van der Waals surface area contributed by atoms with Gasteiger partial charge in [0.2, 0.25) is 0 Å². The van der Waals surface area contributed by atoms with Crippen molar-refractivity contribution in [3.63, 3.8) is 0 Å². The summed E-state index contributed by atoms with van der Waals surface area (Å²) in [5.74, 6) is 1.10. The van der Waals surface area contributed by atoms with E-state index in [0.29, 0.717) is 11.8 Å². The fourth-order valence-corrected chi connectivity index (χ4v) is 3.48. The minimum Gasteiger partial charge on any atom is -0.391 e. The van der Waals surface area contributed by atoms with E-state index in [0.717, 1.165) is 26.2 Å². The predicted molar refractivity (Wildman–Crippen MR) is 64.2 cm³/mol. The molecule has 4 nitrogen and oxygen atoms in total. The molecular weight excluding hydrogens is 216 g/mol. The summed E-state index contributed by atoms with van der Waals surface area (Å²) >= 11 is 0. The minimum absolute atomic E-state index is 0.141. The molecular formula is C13H19N2O2+. The van der Waals surface area contributed by atoms with Gasteiger partial charge in [-0.3, -0.25) is 4.79 Å². The summed E-state index contributed by atoms with van der Waals surface area (Å²) in [6.45, 7) is 4.11. The first kappa shape index (κ1) is 11.0. The molecule has 1 aromatic rings. The van der Waals surface area contributed by atoms with Crippen LogP contribution in [0.25, 0.3) is 0 Å². The molecule has 1 fully saturated rings. The number of likely N-dealkylation sites (tertiary alicyclic amines) is 1. The Balaban J connectivity index is 1.93. The molecule has 2 aliphatic heterocycles. The van der Waals surface area contributed by atoms with Crippen molar-refractivity contribution in [1.29, 1.82) is 0 Å². The number of aliphatic hydroxyl groups excluding tert-OH is 1. The molecule has 1 aromatic heterocycles. The molecule has 3 heterocycles. The van der Waals surface area contributed by atoms with Crippen LogP contribution in [0, 0.1) is 5.92 Å². The van der Waals surface area contributed by atoms with E-state index in [-0.39, 0.29) is 12.2 Å². The lowest BCUT2D eigenvalue weighted by Gasteiger charge is -2.40. The van der Waals surface area contributed by atoms with Crippen LogP contribution in [-0.4, -0.2) is 35.9 Å². The number of nitrogens with one attached hydrogen (secondary N) is 1. The highest BCUT2D eigenvalue weighted by atomic mass is 16.3. The fourth-order valence-electron chi connectivity index (χ4n) is 3.48. The summed E-state index contributed by atoms with van der Waals surface area (Å²) in [7, 11) is 0. The van der Waals surface area contributed by atoms with Gasteiger partial charge in [-0.15, -0.1) is 0 Å². The third-order valence-electron chi connectivity index (χ3n) is 4.14. The van der Waals surface area contributed by atoms with Gasteiger partial charge in [-0.1, -0.05) is 6.07 Å². The number of aromatic nitrogens is 1. The molecule has 3 rings (SSSR count). The predicted octanol–water partition coefficient (Wildman–Crippen LogP) is -1.16. The molecule has 2 bridgehead atoms. The van der Waals surface area contributed by atoms with Crippen LogP contribution in [0.4, 0.5) is 0 Å². The number of fused-ring (bicyclic) bond motifs is 4. The molecule has 3 atom stereocenters. The van der Waals surface area contributed by atoms with Crippen LogP contribution in [0.5, 0.6) is 0 Å². The Kier molecular flexibility index (Phi) is 2.76. The maximum atomic E-state index is 11.8. The van der Waals surface area contributed by atoms with E-state index in [2.05, 4.69) is 6.07 Å². The van der Waals surface area contributed by atoms with Crippen molar-refractivity contribution >= 4 is 0 Å². The van der Waals surface area contributed by atoms with Crippen LogP contribution in [0.1, 0.15) is 18.0 Å². The van der Waals surface area contributed by atoms with Crippen LogP contribution < -0.4 is 10.5 Å². The Labute approximate surface area is 100 Å². The number of hydrogen-bond acceptors (Lipinski definition) is 2. The van der Waals surface area contributed by atoms with Gasteiger partial charge in [0.15, 0.2) is 0 Å². The van der Waals surface area contributed by atoms with E-state index in [4.69, 9.17) is 5.11 Å². The smallest absolute Gasteiger partial charge is 0.250 e. The lowest BCUT2D eigenvalue weighted by atomic mass is 9.83. The molecule has 4 heteroatoms. The van der Waals surface area contributed by atoms with Gasteiger partial charge >= 0.3 is 0 Å². The second-order valence-corrected chi connectivity index (χ2v) is 5.33. The Morgan fingerprint density at radius 2 is 2.29 bits per heavy atom. The molecule has 0 radical (unpaired) electrons. The average molecular weight is 235 g/mol. The van der Waals surface area contributed by atoms with Crippen LogP contribution in [0.15, 0.2) is 23.0 Å². The molecule has 17 heavy (non-hydrogen) atoms. The number of aliphatic hydroxyl groups is 1. The van der Waals surface area contributed by atoms with Gasteiger partial charge in [0.25, 0.3) is 5.56 Å². The third-order valence-corrected chi connectivity index (χ3v) is 4.14. The Morgan fingerprint density at radius 1 is 1.41 bits per heavy atom. The number of piperidine rings is 1. The van der Waals surface area contributed by atoms with E-state index >= 15 is 0 Å². The zero-order valence-corrected chi connectivity index (χ0v) is 9.93. The average Bonchev–Trinajstić information content (AvgIpc) is 2.31. The molecule has 1 saturated heterocycles. The van der Waals surface area contributed by atoms with E-state index in [9.17, 15) is 4.79 Å². The lowest BCUT2D eigenvalue weighted by molar-refractivity contribution is -0.911. The van der Waals surface area contributed by atoms with Crippen LogP contribution >= 0.6 is 0 Å². The maximum Gasteiger partial charge on any atom is 0.250 e. The molecule has 2 N–H and O–H groups in total. The van der Waals surface area contributed by atoms with Crippen molar-refractivity contribution in [3.05, 3.63) is 34.2 Å². The van der Waals surface area contributed by atoms with E-state index in [1.807, 2.05) is 10.6 Å². The maximum absolute atomic E-state index is 11.8. The molecule has 0 aliphatic carbocycles. The summed E-state index contributed by atoms with van der Waals surface area (Å²) in [4.78, 5) is 13.3. The highest BCUT2D eigenvalue weighted by Gasteiger charge is 2.36. The first-order valence-electron chi connectivity index (χ1n) is 6.42. The first-order chi connectivity index (χ1) is 8.28. The molecule has 0 amide bonds. The molecule has 0 saturated carbocycles. The van der Waals surface area contributed by atoms with E-state index < -0.39 is 0 Å². The standard InChI is InChI=1S/C13H18N2O2/c16-5-4-14-7-10-6-11(9-14)12-2-1-3-13(17)15(12)8-10/h1-3,10-11,16H,4-9H2/p+1/t10-,11+/m0/s1. The van der Waals surface area contributed by atoms with Gasteiger partial charge < -0.3 is 14.6 Å². The zero-order valence-electron chi connectivity index (χ0n) is 9.93. The minimum atomic E-state index is 0.141. The van der Waals surface area contributed by atoms with Gasteiger partial charge in [-0.25, -0.2) is 0 Å². The van der Waals surface area contributed by atoms with Gasteiger partial charge in [0.1, 0.15) is 6.54 Å². The number of pyridine rings is 1. The van der Waals surface area contributed by atoms with Crippen molar-refractivity contribution in [3.8, 4) is 0 Å². The molecule has 1 unspecified atom stereocenters. The molecule has 92 valence electrons. The van der Waals surface area contributed by atoms with Gasteiger partial charge in [0.05, 0.1) is 19.7 Å². The molecule has 0 aromatic carbocycles. The SMILES string of the molecule is O=c1cccc2n1C[C@H]1C[C@@H]2C[NH+](CCO)C1. The summed E-state index contributed by atoms with van der Waals surface area (Å²) in [5.41, 5.74) is 1.34. The summed E-state index contributed by atoms with van der Waals surface area (Å²) < 4.78 is 1.95. The highest BCUT2D eigenvalue weighted by molar-refractivity contribution is 5.15. The summed E-state index contributed by atoms with van der Waals surface area (Å²) in [6.07, 6.45) is 1.21. The second-order valence-electron chi connectivity index (χ2n) is 5.33. The number of rotatable bonds is 2. The number of nitrogens with zero attached hydrogens (tertiary/aromatic N) is 1. The third kappa shape index (κ3) is 1.91. The van der Waals surface area contributed by atoms with E-state index in [1.165, 1.54) is 17.0 Å². The van der Waals surface area contributed by atoms with Gasteiger partial charge in [-0.05, 0) is 12.5 Å². The van der Waals surface area contributed by atoms with Gasteiger partial charge in [0, 0.05) is 30.1 Å². The van der Waals surface area contributed by atoms with Crippen LogP contribution in [-0.2, 0) is 6.54 Å². The van der Waals surface area contributed by atoms with Gasteiger partial charge in [-0.2, -0.15) is 0 Å². The Bertz CT molecular complexity index is 469. The molecule has 2 aliphatic rings. The molecule has 0 spiro atoms. The Morgan fingerprint density at radius 3 is 3.12 bits per heavy atom. The monoisotopic (exact) mass is 235 g/mol. The van der Waals surface area contributed by atoms with Crippen molar-refractivity contribution in [2.45, 2.75) is 18.9 Å². The first-order valence-corrected chi connectivity index (χ1v) is 6.42. The Hall–Kier alpha value is -1.13. The second kappa shape index (κ2) is 4.27.